The van der Waals surface area contributed by atoms with Crippen molar-refractivity contribution in [3.63, 3.8) is 0 Å². The molecule has 0 fully saturated rings. The molecule has 0 amide bonds. The van der Waals surface area contributed by atoms with Gasteiger partial charge >= 0.3 is 32.2 Å². The van der Waals surface area contributed by atoms with Crippen molar-refractivity contribution < 1.29 is 39.9 Å². The van der Waals surface area contributed by atoms with Gasteiger partial charge in [-0.05, 0) is 13.8 Å². The van der Waals surface area contributed by atoms with Crippen molar-refractivity contribution in [2.45, 2.75) is 19.3 Å². The molecule has 11 heteroatoms. The first kappa shape index (κ1) is 17.5. The Morgan fingerprint density at radius 2 is 1.63 bits per heavy atom. The summed E-state index contributed by atoms with van der Waals surface area (Å²) >= 11 is 0. The van der Waals surface area contributed by atoms with E-state index in [9.17, 15) is 26.4 Å². The molecule has 0 saturated carbocycles. The van der Waals surface area contributed by atoms with E-state index >= 15 is 0 Å². The van der Waals surface area contributed by atoms with Gasteiger partial charge in [0, 0.05) is 12.2 Å². The van der Waals surface area contributed by atoms with E-state index in [1.165, 1.54) is 6.92 Å². The number of hydrogen-bond acceptors (Lipinski definition) is 8. The van der Waals surface area contributed by atoms with Gasteiger partial charge in [0.25, 0.3) is 0 Å². The third-order valence-electron chi connectivity index (χ3n) is 1.62. The van der Waals surface area contributed by atoms with Crippen molar-refractivity contribution in [2.24, 2.45) is 0 Å². The standard InChI is InChI=1S/C8H12O9S2/c1-3-18(11,12)17-8(10)5-4-7(9)16-6(2)19(13,14)15/h4-6H,3H2,1-2H3,(H,13,14,15)/b5-4+. The number of rotatable bonds is 6. The Kier molecular flexibility index (Phi) is 6.12. The van der Waals surface area contributed by atoms with E-state index in [2.05, 4.69) is 8.92 Å². The molecule has 0 aliphatic rings. The molecule has 0 aliphatic carbocycles. The van der Waals surface area contributed by atoms with Crippen molar-refractivity contribution in [3.05, 3.63) is 12.2 Å². The van der Waals surface area contributed by atoms with Gasteiger partial charge in [-0.15, -0.1) is 0 Å². The van der Waals surface area contributed by atoms with Crippen LogP contribution in [0.5, 0.6) is 0 Å². The molecule has 0 aliphatic heterocycles. The summed E-state index contributed by atoms with van der Waals surface area (Å²) in [5.74, 6) is -3.04. The van der Waals surface area contributed by atoms with E-state index in [0.717, 1.165) is 6.92 Å². The maximum Gasteiger partial charge on any atom is 0.346 e. The highest BCUT2D eigenvalue weighted by Gasteiger charge is 2.20. The summed E-state index contributed by atoms with van der Waals surface area (Å²) < 4.78 is 59.4. The van der Waals surface area contributed by atoms with Crippen LogP contribution in [0.3, 0.4) is 0 Å². The maximum atomic E-state index is 11.0. The Morgan fingerprint density at radius 1 is 1.16 bits per heavy atom. The molecule has 1 N–H and O–H groups in total. The zero-order valence-electron chi connectivity index (χ0n) is 9.97. The number of esters is 1. The van der Waals surface area contributed by atoms with Crippen LogP contribution in [0.1, 0.15) is 13.8 Å². The van der Waals surface area contributed by atoms with Crippen LogP contribution in [0.4, 0.5) is 0 Å². The Balaban J connectivity index is 4.51. The summed E-state index contributed by atoms with van der Waals surface area (Å²) in [5.41, 5.74) is -1.82. The first-order valence-electron chi connectivity index (χ1n) is 4.79. The fourth-order valence-corrected chi connectivity index (χ4v) is 1.25. The molecule has 0 saturated heterocycles. The molecular formula is C8H12O9S2. The van der Waals surface area contributed by atoms with Gasteiger partial charge < -0.3 is 8.92 Å². The van der Waals surface area contributed by atoms with Crippen LogP contribution in [0.2, 0.25) is 0 Å². The van der Waals surface area contributed by atoms with Crippen molar-refractivity contribution in [3.8, 4) is 0 Å². The fourth-order valence-electron chi connectivity index (χ4n) is 0.612. The van der Waals surface area contributed by atoms with Crippen molar-refractivity contribution in [1.29, 1.82) is 0 Å². The normalized spacial score (nSPS) is 14.1. The molecule has 0 rings (SSSR count). The Hall–Kier alpha value is -1.46. The van der Waals surface area contributed by atoms with E-state index in [4.69, 9.17) is 4.55 Å². The average Bonchev–Trinajstić information content (AvgIpc) is 2.24. The minimum atomic E-state index is -4.56. The third kappa shape index (κ3) is 7.54. The highest BCUT2D eigenvalue weighted by molar-refractivity contribution is 7.87. The SMILES string of the molecule is CCS(=O)(=O)OC(=O)/C=C/C(=O)OC(C)S(=O)(=O)O. The van der Waals surface area contributed by atoms with Gasteiger partial charge in [-0.2, -0.15) is 16.8 Å². The number of hydrogen-bond donors (Lipinski definition) is 1. The van der Waals surface area contributed by atoms with Gasteiger partial charge in [-0.3, -0.25) is 4.55 Å². The molecule has 0 aromatic rings. The molecule has 0 spiro atoms. The predicted octanol–water partition coefficient (Wildman–Crippen LogP) is -0.787. The van der Waals surface area contributed by atoms with E-state index < -0.39 is 43.4 Å². The highest BCUT2D eigenvalue weighted by Crippen LogP contribution is 2.01. The van der Waals surface area contributed by atoms with Crippen molar-refractivity contribution in [1.82, 2.24) is 0 Å². The second-order valence-corrected chi connectivity index (χ2v) is 6.65. The molecule has 110 valence electrons. The second kappa shape index (κ2) is 6.63. The Labute approximate surface area is 110 Å². The van der Waals surface area contributed by atoms with Crippen LogP contribution in [-0.4, -0.2) is 44.5 Å². The number of carbonyl (C=O) groups excluding carboxylic acids is 2. The summed E-state index contributed by atoms with van der Waals surface area (Å²) in [5, 5.41) is 0. The molecule has 0 heterocycles. The van der Waals surface area contributed by atoms with Crippen molar-refractivity contribution in [2.75, 3.05) is 5.75 Å². The van der Waals surface area contributed by atoms with E-state index in [0.29, 0.717) is 12.2 Å². The van der Waals surface area contributed by atoms with Crippen LogP contribution in [-0.2, 0) is 38.7 Å². The molecule has 0 radical (unpaired) electrons. The topological polar surface area (TPSA) is 141 Å². The zero-order valence-corrected chi connectivity index (χ0v) is 11.6. The molecule has 0 bridgehead atoms. The molecule has 1 atom stereocenters. The summed E-state index contributed by atoms with van der Waals surface area (Å²) in [6.07, 6.45) is 0.918. The lowest BCUT2D eigenvalue weighted by Gasteiger charge is -2.07. The van der Waals surface area contributed by atoms with Crippen LogP contribution < -0.4 is 0 Å². The summed E-state index contributed by atoms with van der Waals surface area (Å²) in [4.78, 5) is 21.9. The molecule has 19 heavy (non-hydrogen) atoms. The maximum absolute atomic E-state index is 11.0. The second-order valence-electron chi connectivity index (χ2n) is 3.10. The predicted molar refractivity (Wildman–Crippen MR) is 61.8 cm³/mol. The fraction of sp³-hybridized carbons (Fsp3) is 0.500. The van der Waals surface area contributed by atoms with Crippen molar-refractivity contribution >= 4 is 32.2 Å². The lowest BCUT2D eigenvalue weighted by Crippen LogP contribution is -2.23. The molecule has 9 nitrogen and oxygen atoms in total. The van der Waals surface area contributed by atoms with Gasteiger partial charge in [0.2, 0.25) is 5.44 Å². The zero-order chi connectivity index (χ0) is 15.3. The molecule has 0 aromatic heterocycles. The van der Waals surface area contributed by atoms with Gasteiger partial charge in [-0.1, -0.05) is 0 Å². The largest absolute Gasteiger partial charge is 0.440 e. The van der Waals surface area contributed by atoms with Crippen LogP contribution >= 0.6 is 0 Å². The van der Waals surface area contributed by atoms with Gasteiger partial charge in [0.1, 0.15) is 0 Å². The molecule has 0 aromatic carbocycles. The smallest absolute Gasteiger partial charge is 0.346 e. The third-order valence-corrected chi connectivity index (χ3v) is 3.68. The van der Waals surface area contributed by atoms with E-state index in [-0.39, 0.29) is 0 Å². The summed E-state index contributed by atoms with van der Waals surface area (Å²) in [7, 11) is -8.56. The van der Waals surface area contributed by atoms with E-state index in [1.807, 2.05) is 0 Å². The lowest BCUT2D eigenvalue weighted by molar-refractivity contribution is -0.139. The Bertz CT molecular complexity index is 569. The highest BCUT2D eigenvalue weighted by atomic mass is 32.2. The van der Waals surface area contributed by atoms with Crippen LogP contribution in [0.25, 0.3) is 0 Å². The quantitative estimate of drug-likeness (QED) is 0.289. The minimum absolute atomic E-state index is 0.434. The number of ether oxygens (including phenoxy) is 1. The molecule has 1 unspecified atom stereocenters. The monoisotopic (exact) mass is 316 g/mol. The van der Waals surface area contributed by atoms with Gasteiger partial charge in [0.05, 0.1) is 5.75 Å². The average molecular weight is 316 g/mol. The Morgan fingerprint density at radius 3 is 2.05 bits per heavy atom. The summed E-state index contributed by atoms with van der Waals surface area (Å²) in [6.45, 7) is 2.13. The molecular weight excluding hydrogens is 304 g/mol. The van der Waals surface area contributed by atoms with Crippen LogP contribution in [0.15, 0.2) is 12.2 Å². The minimum Gasteiger partial charge on any atom is -0.440 e. The van der Waals surface area contributed by atoms with E-state index in [1.54, 1.807) is 0 Å². The summed E-state index contributed by atoms with van der Waals surface area (Å²) in [6, 6.07) is 0. The first-order valence-corrected chi connectivity index (χ1v) is 7.87. The lowest BCUT2D eigenvalue weighted by atomic mass is 10.5. The number of carbonyl (C=O) groups is 2. The first-order chi connectivity index (χ1) is 8.48. The van der Waals surface area contributed by atoms with Gasteiger partial charge in [0.15, 0.2) is 0 Å². The van der Waals surface area contributed by atoms with Gasteiger partial charge in [-0.25, -0.2) is 9.59 Å². The van der Waals surface area contributed by atoms with Crippen LogP contribution in [0, 0.1) is 0 Å².